The largest absolute Gasteiger partial charge is 0.465 e. The molecule has 0 radical (unpaired) electrons. The second-order valence-corrected chi connectivity index (χ2v) is 5.41. The van der Waals surface area contributed by atoms with Gasteiger partial charge < -0.3 is 10.1 Å². The molecule has 0 spiro atoms. The maximum atomic E-state index is 13.6. The second-order valence-electron chi connectivity index (χ2n) is 5.00. The molecule has 1 aromatic carbocycles. The Morgan fingerprint density at radius 2 is 2.08 bits per heavy atom. The lowest BCUT2D eigenvalue weighted by molar-refractivity contribution is 0.0602. The van der Waals surface area contributed by atoms with E-state index in [0.29, 0.717) is 5.82 Å². The van der Waals surface area contributed by atoms with Crippen molar-refractivity contribution in [2.75, 3.05) is 12.4 Å². The number of benzene rings is 1. The fourth-order valence-corrected chi connectivity index (χ4v) is 2.43. The normalized spacial score (nSPS) is 10.4. The lowest BCUT2D eigenvalue weighted by atomic mass is 10.1. The van der Waals surface area contributed by atoms with Crippen LogP contribution in [0.2, 0.25) is 5.02 Å². The van der Waals surface area contributed by atoms with E-state index in [0.717, 1.165) is 19.2 Å². The summed E-state index contributed by atoms with van der Waals surface area (Å²) in [6.45, 7) is 0. The van der Waals surface area contributed by atoms with Crippen LogP contribution >= 0.6 is 11.6 Å². The molecule has 3 aromatic rings. The number of amides is 1. The smallest absolute Gasteiger partial charge is 0.341 e. The minimum atomic E-state index is -0.813. The molecule has 0 fully saturated rings. The summed E-state index contributed by atoms with van der Waals surface area (Å²) in [5.74, 6) is -1.77. The molecule has 3 rings (SSSR count). The molecule has 10 heteroatoms. The Kier molecular flexibility index (Phi) is 4.90. The highest BCUT2D eigenvalue weighted by molar-refractivity contribution is 6.34. The van der Waals surface area contributed by atoms with Crippen molar-refractivity contribution >= 4 is 29.2 Å². The summed E-state index contributed by atoms with van der Waals surface area (Å²) >= 11 is 5.89. The number of esters is 1. The molecule has 0 aliphatic rings. The van der Waals surface area contributed by atoms with Crippen molar-refractivity contribution in [1.29, 1.82) is 0 Å². The average Bonchev–Trinajstić information content (AvgIpc) is 3.15. The van der Waals surface area contributed by atoms with E-state index < -0.39 is 17.7 Å². The molecular formula is C16H11ClFN5O3. The van der Waals surface area contributed by atoms with Crippen molar-refractivity contribution < 1.29 is 18.7 Å². The number of methoxy groups -OCH3 is 1. The zero-order valence-corrected chi connectivity index (χ0v) is 14.1. The summed E-state index contributed by atoms with van der Waals surface area (Å²) in [6.07, 6.45) is 4.77. The zero-order valence-electron chi connectivity index (χ0n) is 13.3. The minimum absolute atomic E-state index is 0.0370. The van der Waals surface area contributed by atoms with Crippen molar-refractivity contribution in [2.24, 2.45) is 0 Å². The number of anilines is 1. The Labute approximate surface area is 151 Å². The van der Waals surface area contributed by atoms with Gasteiger partial charge in [0.2, 0.25) is 0 Å². The third kappa shape index (κ3) is 3.52. The van der Waals surface area contributed by atoms with Crippen LogP contribution in [0.25, 0.3) is 5.82 Å². The minimum Gasteiger partial charge on any atom is -0.465 e. The number of hydrogen-bond acceptors (Lipinski definition) is 6. The monoisotopic (exact) mass is 375 g/mol. The van der Waals surface area contributed by atoms with Crippen LogP contribution in [0.5, 0.6) is 0 Å². The standard InChI is InChI=1S/C16H11ClFN5O3/c1-26-16(25)14-10(17)6-9(18)7-12(14)20-15(24)11-2-3-13(22-21-11)23-5-4-19-8-23/h2-8H,1H3,(H,20,24). The van der Waals surface area contributed by atoms with E-state index >= 15 is 0 Å². The van der Waals surface area contributed by atoms with Gasteiger partial charge >= 0.3 is 5.97 Å². The first-order valence-corrected chi connectivity index (χ1v) is 7.58. The van der Waals surface area contributed by atoms with Crippen molar-refractivity contribution in [3.8, 4) is 5.82 Å². The van der Waals surface area contributed by atoms with Gasteiger partial charge in [-0.3, -0.25) is 9.36 Å². The second kappa shape index (κ2) is 7.28. The first-order chi connectivity index (χ1) is 12.5. The summed E-state index contributed by atoms with van der Waals surface area (Å²) in [5, 5.41) is 9.94. The van der Waals surface area contributed by atoms with Crippen LogP contribution in [-0.4, -0.2) is 38.7 Å². The van der Waals surface area contributed by atoms with Gasteiger partial charge in [-0.05, 0) is 24.3 Å². The van der Waals surface area contributed by atoms with Gasteiger partial charge in [0.15, 0.2) is 11.5 Å². The number of imidazole rings is 1. The van der Waals surface area contributed by atoms with Crippen LogP contribution in [0, 0.1) is 5.82 Å². The fourth-order valence-electron chi connectivity index (χ4n) is 2.15. The number of aromatic nitrogens is 4. The molecule has 132 valence electrons. The summed E-state index contributed by atoms with van der Waals surface area (Å²) in [5.41, 5.74) is -0.329. The van der Waals surface area contributed by atoms with E-state index in [2.05, 4.69) is 25.2 Å². The molecule has 0 bridgehead atoms. The zero-order chi connectivity index (χ0) is 18.7. The number of nitrogens with one attached hydrogen (secondary N) is 1. The number of halogens is 2. The lowest BCUT2D eigenvalue weighted by Gasteiger charge is -2.11. The molecule has 0 unspecified atom stereocenters. The van der Waals surface area contributed by atoms with Crippen LogP contribution in [0.4, 0.5) is 10.1 Å². The van der Waals surface area contributed by atoms with Gasteiger partial charge in [-0.25, -0.2) is 14.2 Å². The molecule has 0 atom stereocenters. The molecule has 1 amide bonds. The maximum Gasteiger partial charge on any atom is 0.341 e. The fraction of sp³-hybridized carbons (Fsp3) is 0.0625. The molecule has 2 aromatic heterocycles. The third-order valence-electron chi connectivity index (χ3n) is 3.34. The topological polar surface area (TPSA) is 99.0 Å². The van der Waals surface area contributed by atoms with Gasteiger partial charge in [0, 0.05) is 12.4 Å². The van der Waals surface area contributed by atoms with Gasteiger partial charge in [-0.15, -0.1) is 10.2 Å². The van der Waals surface area contributed by atoms with Crippen molar-refractivity contribution in [3.63, 3.8) is 0 Å². The van der Waals surface area contributed by atoms with E-state index in [1.165, 1.54) is 12.4 Å². The molecule has 8 nitrogen and oxygen atoms in total. The summed E-state index contributed by atoms with van der Waals surface area (Å²) in [4.78, 5) is 28.1. The van der Waals surface area contributed by atoms with Crippen molar-refractivity contribution in [1.82, 2.24) is 19.7 Å². The Bertz CT molecular complexity index is 961. The molecule has 0 saturated heterocycles. The highest BCUT2D eigenvalue weighted by Crippen LogP contribution is 2.27. The van der Waals surface area contributed by atoms with Gasteiger partial charge in [-0.2, -0.15) is 0 Å². The molecule has 2 heterocycles. The van der Waals surface area contributed by atoms with Crippen LogP contribution in [0.15, 0.2) is 43.0 Å². The number of ether oxygens (including phenoxy) is 1. The van der Waals surface area contributed by atoms with Gasteiger partial charge in [-0.1, -0.05) is 11.6 Å². The highest BCUT2D eigenvalue weighted by atomic mass is 35.5. The molecule has 0 saturated carbocycles. The first-order valence-electron chi connectivity index (χ1n) is 7.20. The number of carbonyl (C=O) groups excluding carboxylic acids is 2. The Morgan fingerprint density at radius 3 is 2.69 bits per heavy atom. The Hall–Kier alpha value is -3.33. The molecule has 1 N–H and O–H groups in total. The SMILES string of the molecule is COC(=O)c1c(Cl)cc(F)cc1NC(=O)c1ccc(-n2ccnc2)nn1. The number of carbonyl (C=O) groups is 2. The van der Waals surface area contributed by atoms with Crippen LogP contribution < -0.4 is 5.32 Å². The Balaban J connectivity index is 1.87. The van der Waals surface area contributed by atoms with Crippen LogP contribution in [0.3, 0.4) is 0 Å². The van der Waals surface area contributed by atoms with Crippen molar-refractivity contribution in [3.05, 3.63) is 65.1 Å². The van der Waals surface area contributed by atoms with E-state index in [-0.39, 0.29) is 22.0 Å². The highest BCUT2D eigenvalue weighted by Gasteiger charge is 2.20. The van der Waals surface area contributed by atoms with Gasteiger partial charge in [0.05, 0.1) is 17.8 Å². The quantitative estimate of drug-likeness (QED) is 0.703. The number of hydrogen-bond donors (Lipinski definition) is 1. The van der Waals surface area contributed by atoms with Gasteiger partial charge in [0.1, 0.15) is 17.7 Å². The molecule has 0 aliphatic carbocycles. The van der Waals surface area contributed by atoms with E-state index in [1.807, 2.05) is 0 Å². The molecular weight excluding hydrogens is 365 g/mol. The van der Waals surface area contributed by atoms with Crippen molar-refractivity contribution in [2.45, 2.75) is 0 Å². The van der Waals surface area contributed by atoms with Crippen LogP contribution in [-0.2, 0) is 4.74 Å². The third-order valence-corrected chi connectivity index (χ3v) is 3.64. The molecule has 26 heavy (non-hydrogen) atoms. The van der Waals surface area contributed by atoms with E-state index in [9.17, 15) is 14.0 Å². The Morgan fingerprint density at radius 1 is 1.27 bits per heavy atom. The average molecular weight is 376 g/mol. The maximum absolute atomic E-state index is 13.6. The summed E-state index contributed by atoms with van der Waals surface area (Å²) in [6, 6.07) is 4.90. The summed E-state index contributed by atoms with van der Waals surface area (Å²) < 4.78 is 19.8. The van der Waals surface area contributed by atoms with Gasteiger partial charge in [0.25, 0.3) is 5.91 Å². The lowest BCUT2D eigenvalue weighted by Crippen LogP contribution is -2.18. The van der Waals surface area contributed by atoms with Crippen LogP contribution in [0.1, 0.15) is 20.8 Å². The first kappa shape index (κ1) is 17.5. The molecule has 0 aliphatic heterocycles. The van der Waals surface area contributed by atoms with E-state index in [4.69, 9.17) is 11.6 Å². The number of rotatable bonds is 4. The predicted octanol–water partition coefficient (Wildman–Crippen LogP) is 2.49. The number of nitrogens with zero attached hydrogens (tertiary/aromatic N) is 4. The van der Waals surface area contributed by atoms with E-state index in [1.54, 1.807) is 23.0 Å². The summed E-state index contributed by atoms with van der Waals surface area (Å²) in [7, 11) is 1.15. The predicted molar refractivity (Wildman–Crippen MR) is 89.9 cm³/mol.